The number of nitrogens with one attached hydrogen (secondary N) is 3. The van der Waals surface area contributed by atoms with Gasteiger partial charge in [-0.1, -0.05) is 19.3 Å². The van der Waals surface area contributed by atoms with Gasteiger partial charge in [-0.3, -0.25) is 5.10 Å². The molecule has 0 unspecified atom stereocenters. The van der Waals surface area contributed by atoms with Crippen LogP contribution in [0, 0.1) is 5.82 Å². The number of halogens is 1. The van der Waals surface area contributed by atoms with E-state index in [2.05, 4.69) is 30.8 Å². The number of nitrogens with two attached hydrogens (primary N) is 1. The van der Waals surface area contributed by atoms with E-state index in [0.29, 0.717) is 29.1 Å². The number of anilines is 4. The SMILES string of the molecule is Nc1nc(Nc2ccc(Oc3ccc4cn[nH]c4c3)c(F)c2)cc(NC2CCCCC2)n1. The lowest BCUT2D eigenvalue weighted by atomic mass is 9.95. The first-order chi connectivity index (χ1) is 15.6. The summed E-state index contributed by atoms with van der Waals surface area (Å²) in [6.07, 6.45) is 7.66. The average Bonchev–Trinajstić information content (AvgIpc) is 3.24. The number of benzene rings is 2. The number of ether oxygens (including phenoxy) is 1. The Morgan fingerprint density at radius 1 is 1.00 bits per heavy atom. The zero-order chi connectivity index (χ0) is 21.9. The molecule has 0 bridgehead atoms. The Kier molecular flexibility index (Phi) is 5.45. The molecule has 9 heteroatoms. The maximum absolute atomic E-state index is 14.7. The second-order valence-corrected chi connectivity index (χ2v) is 7.97. The fourth-order valence-corrected chi connectivity index (χ4v) is 3.98. The quantitative estimate of drug-likeness (QED) is 0.324. The summed E-state index contributed by atoms with van der Waals surface area (Å²) in [5, 5.41) is 14.3. The molecule has 1 fully saturated rings. The van der Waals surface area contributed by atoms with E-state index in [1.165, 1.54) is 25.3 Å². The first kappa shape index (κ1) is 20.0. The van der Waals surface area contributed by atoms with Gasteiger partial charge in [-0.2, -0.15) is 15.1 Å². The largest absolute Gasteiger partial charge is 0.454 e. The molecule has 2 heterocycles. The molecule has 0 radical (unpaired) electrons. The molecule has 0 aliphatic heterocycles. The Balaban J connectivity index is 1.29. The highest BCUT2D eigenvalue weighted by atomic mass is 19.1. The van der Waals surface area contributed by atoms with Crippen molar-refractivity contribution in [2.24, 2.45) is 0 Å². The number of aromatic nitrogens is 4. The number of fused-ring (bicyclic) bond motifs is 1. The molecular formula is C23H24FN7O. The van der Waals surface area contributed by atoms with Crippen molar-refractivity contribution < 1.29 is 9.13 Å². The molecule has 0 saturated heterocycles. The number of hydrogen-bond donors (Lipinski definition) is 4. The molecule has 0 atom stereocenters. The van der Waals surface area contributed by atoms with E-state index >= 15 is 0 Å². The maximum atomic E-state index is 14.7. The Morgan fingerprint density at radius 2 is 1.84 bits per heavy atom. The second-order valence-electron chi connectivity index (χ2n) is 7.97. The highest BCUT2D eigenvalue weighted by molar-refractivity contribution is 5.79. The van der Waals surface area contributed by atoms with Crippen molar-refractivity contribution in [2.75, 3.05) is 16.4 Å². The Labute approximate surface area is 184 Å². The van der Waals surface area contributed by atoms with Gasteiger partial charge >= 0.3 is 0 Å². The highest BCUT2D eigenvalue weighted by Gasteiger charge is 2.15. The lowest BCUT2D eigenvalue weighted by Crippen LogP contribution is -2.23. The lowest BCUT2D eigenvalue weighted by Gasteiger charge is -2.23. The monoisotopic (exact) mass is 433 g/mol. The molecule has 5 N–H and O–H groups in total. The number of hydrogen-bond acceptors (Lipinski definition) is 7. The van der Waals surface area contributed by atoms with Crippen LogP contribution in [-0.4, -0.2) is 26.2 Å². The highest BCUT2D eigenvalue weighted by Crippen LogP contribution is 2.30. The van der Waals surface area contributed by atoms with E-state index in [1.807, 2.05) is 6.07 Å². The van der Waals surface area contributed by atoms with Crippen molar-refractivity contribution >= 4 is 34.2 Å². The first-order valence-electron chi connectivity index (χ1n) is 10.7. The molecule has 2 aromatic carbocycles. The summed E-state index contributed by atoms with van der Waals surface area (Å²) in [5.74, 6) is 1.46. The van der Waals surface area contributed by atoms with Crippen molar-refractivity contribution in [1.82, 2.24) is 20.2 Å². The smallest absolute Gasteiger partial charge is 0.223 e. The van der Waals surface area contributed by atoms with Gasteiger partial charge in [-0.05, 0) is 37.1 Å². The van der Waals surface area contributed by atoms with Crippen LogP contribution in [0.25, 0.3) is 10.9 Å². The summed E-state index contributed by atoms with van der Waals surface area (Å²) in [6, 6.07) is 12.2. The van der Waals surface area contributed by atoms with Crippen LogP contribution in [0.2, 0.25) is 0 Å². The summed E-state index contributed by atoms with van der Waals surface area (Å²) < 4.78 is 20.4. The Hall–Kier alpha value is -3.88. The molecule has 0 amide bonds. The molecule has 8 nitrogen and oxygen atoms in total. The molecular weight excluding hydrogens is 409 g/mol. The van der Waals surface area contributed by atoms with Crippen LogP contribution in [0.4, 0.5) is 27.7 Å². The van der Waals surface area contributed by atoms with Gasteiger partial charge < -0.3 is 21.1 Å². The van der Waals surface area contributed by atoms with E-state index in [4.69, 9.17) is 10.5 Å². The van der Waals surface area contributed by atoms with Crippen LogP contribution in [0.5, 0.6) is 11.5 Å². The molecule has 4 aromatic rings. The second kappa shape index (κ2) is 8.70. The minimum absolute atomic E-state index is 0.122. The number of H-pyrrole nitrogens is 1. The molecule has 2 aromatic heterocycles. The average molecular weight is 433 g/mol. The minimum Gasteiger partial charge on any atom is -0.454 e. The van der Waals surface area contributed by atoms with Gasteiger partial charge in [0.05, 0.1) is 11.7 Å². The van der Waals surface area contributed by atoms with Crippen molar-refractivity contribution in [3.8, 4) is 11.5 Å². The third-order valence-electron chi connectivity index (χ3n) is 5.55. The fraction of sp³-hybridized carbons (Fsp3) is 0.261. The van der Waals surface area contributed by atoms with Gasteiger partial charge in [0.25, 0.3) is 0 Å². The van der Waals surface area contributed by atoms with E-state index in [-0.39, 0.29) is 11.7 Å². The van der Waals surface area contributed by atoms with Crippen molar-refractivity contribution in [1.29, 1.82) is 0 Å². The molecule has 1 aliphatic carbocycles. The summed E-state index contributed by atoms with van der Waals surface area (Å²) in [7, 11) is 0. The van der Waals surface area contributed by atoms with Gasteiger partial charge in [-0.25, -0.2) is 4.39 Å². The van der Waals surface area contributed by atoms with Crippen molar-refractivity contribution in [3.63, 3.8) is 0 Å². The van der Waals surface area contributed by atoms with Gasteiger partial charge in [0.15, 0.2) is 11.6 Å². The zero-order valence-electron chi connectivity index (χ0n) is 17.4. The van der Waals surface area contributed by atoms with Gasteiger partial charge in [0, 0.05) is 35.3 Å². The van der Waals surface area contributed by atoms with E-state index < -0.39 is 5.82 Å². The Bertz CT molecular complexity index is 1240. The molecule has 32 heavy (non-hydrogen) atoms. The van der Waals surface area contributed by atoms with Gasteiger partial charge in [0.1, 0.15) is 17.4 Å². The van der Waals surface area contributed by atoms with Gasteiger partial charge in [0.2, 0.25) is 5.95 Å². The predicted molar refractivity (Wildman–Crippen MR) is 123 cm³/mol. The number of rotatable bonds is 6. The first-order valence-corrected chi connectivity index (χ1v) is 10.7. The summed E-state index contributed by atoms with van der Waals surface area (Å²) >= 11 is 0. The molecule has 164 valence electrons. The van der Waals surface area contributed by atoms with E-state index in [1.54, 1.807) is 36.5 Å². The fourth-order valence-electron chi connectivity index (χ4n) is 3.98. The van der Waals surface area contributed by atoms with Crippen LogP contribution < -0.4 is 21.1 Å². The summed E-state index contributed by atoms with van der Waals surface area (Å²) in [5.41, 5.74) is 7.23. The van der Waals surface area contributed by atoms with Crippen molar-refractivity contribution in [2.45, 2.75) is 38.1 Å². The zero-order valence-corrected chi connectivity index (χ0v) is 17.4. The molecule has 1 aliphatic rings. The minimum atomic E-state index is -0.498. The van der Waals surface area contributed by atoms with Crippen molar-refractivity contribution in [3.05, 3.63) is 54.5 Å². The van der Waals surface area contributed by atoms with Crippen LogP contribution in [0.15, 0.2) is 48.7 Å². The third kappa shape index (κ3) is 4.56. The van der Waals surface area contributed by atoms with Crippen LogP contribution in [0.1, 0.15) is 32.1 Å². The summed E-state index contributed by atoms with van der Waals surface area (Å²) in [6.45, 7) is 0. The van der Waals surface area contributed by atoms with Gasteiger partial charge in [-0.15, -0.1) is 0 Å². The third-order valence-corrected chi connectivity index (χ3v) is 5.55. The number of nitrogens with zero attached hydrogens (tertiary/aromatic N) is 3. The van der Waals surface area contributed by atoms with E-state index in [0.717, 1.165) is 23.7 Å². The van der Waals surface area contributed by atoms with E-state index in [9.17, 15) is 4.39 Å². The molecule has 1 saturated carbocycles. The van der Waals surface area contributed by atoms with Crippen LogP contribution in [-0.2, 0) is 0 Å². The topological polar surface area (TPSA) is 114 Å². The maximum Gasteiger partial charge on any atom is 0.223 e. The van der Waals surface area contributed by atoms with Crippen LogP contribution in [0.3, 0.4) is 0 Å². The standard InChI is InChI=1S/C23H24FN7O/c24-18-10-16(7-9-20(18)32-17-8-6-14-13-26-31-19(14)11-17)28-22-12-21(29-23(25)30-22)27-15-4-2-1-3-5-15/h6-13,15H,1-5H2,(H,26,31)(H4,25,27,28,29,30). The normalized spacial score (nSPS) is 14.4. The van der Waals surface area contributed by atoms with Crippen LogP contribution >= 0.6 is 0 Å². The lowest BCUT2D eigenvalue weighted by molar-refractivity contribution is 0.443. The number of nitrogen functional groups attached to an aromatic ring is 1. The molecule has 0 spiro atoms. The predicted octanol–water partition coefficient (Wildman–Crippen LogP) is 5.35. The molecule has 5 rings (SSSR count). The number of aromatic amines is 1. The summed E-state index contributed by atoms with van der Waals surface area (Å²) in [4.78, 5) is 8.50. The Morgan fingerprint density at radius 3 is 2.69 bits per heavy atom.